The van der Waals surface area contributed by atoms with Crippen molar-refractivity contribution in [3.05, 3.63) is 65.0 Å². The maximum absolute atomic E-state index is 13.3. The van der Waals surface area contributed by atoms with Gasteiger partial charge in [-0.25, -0.2) is 12.8 Å². The Morgan fingerprint density at radius 3 is 2.10 bits per heavy atom. The summed E-state index contributed by atoms with van der Waals surface area (Å²) >= 11 is 3.56. The first-order valence-electron chi connectivity index (χ1n) is 5.99. The Morgan fingerprint density at radius 2 is 1.60 bits per heavy atom. The van der Waals surface area contributed by atoms with Gasteiger partial charge in [-0.05, 0) is 41.8 Å². The van der Waals surface area contributed by atoms with Crippen molar-refractivity contribution in [3.63, 3.8) is 0 Å². The number of rotatable bonds is 3. The topological polar surface area (TPSA) is 34.1 Å². The molecule has 20 heavy (non-hydrogen) atoms. The molecule has 0 bridgehead atoms. The van der Waals surface area contributed by atoms with E-state index in [1.54, 1.807) is 43.3 Å². The van der Waals surface area contributed by atoms with Crippen LogP contribution in [0.1, 0.15) is 21.5 Å². The predicted octanol–water partition coefficient (Wildman–Crippen LogP) is 4.02. The minimum absolute atomic E-state index is 0.101. The van der Waals surface area contributed by atoms with E-state index in [0.29, 0.717) is 5.56 Å². The maximum Gasteiger partial charge on any atom is 0.175 e. The number of hydrogen-bond donors (Lipinski definition) is 0. The van der Waals surface area contributed by atoms with Gasteiger partial charge in [-0.2, -0.15) is 0 Å². The molecule has 0 fully saturated rings. The summed E-state index contributed by atoms with van der Waals surface area (Å²) in [7, 11) is -3.19. The Kier molecular flexibility index (Phi) is 4.30. The van der Waals surface area contributed by atoms with Gasteiger partial charge in [-0.1, -0.05) is 40.2 Å². The fourth-order valence-corrected chi connectivity index (χ4v) is 3.12. The van der Waals surface area contributed by atoms with Crippen LogP contribution in [0.15, 0.2) is 47.4 Å². The molecule has 0 spiro atoms. The Bertz CT molecular complexity index is 724. The van der Waals surface area contributed by atoms with Crippen LogP contribution in [0.5, 0.6) is 0 Å². The predicted molar refractivity (Wildman–Crippen MR) is 81.5 cm³/mol. The second-order valence-electron chi connectivity index (χ2n) is 4.71. The molecule has 0 amide bonds. The zero-order valence-electron chi connectivity index (χ0n) is 11.1. The summed E-state index contributed by atoms with van der Waals surface area (Å²) in [6, 6.07) is 11.6. The Morgan fingerprint density at radius 1 is 1.05 bits per heavy atom. The van der Waals surface area contributed by atoms with E-state index in [1.165, 1.54) is 12.3 Å². The molecule has 0 radical (unpaired) electrons. The lowest BCUT2D eigenvalue weighted by molar-refractivity contribution is 0.602. The molecule has 0 aliphatic carbocycles. The number of sulfone groups is 1. The molecular weight excluding hydrogens is 343 g/mol. The van der Waals surface area contributed by atoms with E-state index in [2.05, 4.69) is 15.9 Å². The Hall–Kier alpha value is -1.20. The fraction of sp³-hybridized carbons (Fsp3) is 0.200. The van der Waals surface area contributed by atoms with Crippen LogP contribution in [-0.2, 0) is 9.84 Å². The smallest absolute Gasteiger partial charge is 0.175 e. The second-order valence-corrected chi connectivity index (χ2v) is 7.64. The van der Waals surface area contributed by atoms with Crippen LogP contribution in [0.3, 0.4) is 0 Å². The lowest BCUT2D eigenvalue weighted by atomic mass is 10.0. The summed E-state index contributed by atoms with van der Waals surface area (Å²) in [5.74, 6) is -0.235. The molecule has 2 aromatic rings. The van der Waals surface area contributed by atoms with Gasteiger partial charge in [-0.15, -0.1) is 0 Å². The van der Waals surface area contributed by atoms with Crippen molar-refractivity contribution >= 4 is 25.8 Å². The minimum Gasteiger partial charge on any atom is -0.224 e. The molecule has 2 nitrogen and oxygen atoms in total. The van der Waals surface area contributed by atoms with Gasteiger partial charge in [0, 0.05) is 6.26 Å². The summed E-state index contributed by atoms with van der Waals surface area (Å²) in [6.45, 7) is 1.71. The zero-order valence-corrected chi connectivity index (χ0v) is 13.5. The molecule has 106 valence electrons. The standard InChI is InChI=1S/C15H14BrFO2S/c1-10-9-12(5-8-14(10)17)15(16)11-3-6-13(7-4-11)20(2,18)19/h3-9,15H,1-2H3. The van der Waals surface area contributed by atoms with Crippen molar-refractivity contribution < 1.29 is 12.8 Å². The van der Waals surface area contributed by atoms with Gasteiger partial charge < -0.3 is 0 Å². The summed E-state index contributed by atoms with van der Waals surface area (Å²) in [6.07, 6.45) is 1.18. The van der Waals surface area contributed by atoms with Gasteiger partial charge >= 0.3 is 0 Å². The molecule has 0 saturated heterocycles. The third-order valence-corrected chi connectivity index (χ3v) is 5.26. The number of aryl methyl sites for hydroxylation is 1. The molecule has 5 heteroatoms. The molecule has 0 saturated carbocycles. The second kappa shape index (κ2) is 5.66. The van der Waals surface area contributed by atoms with E-state index in [1.807, 2.05) is 0 Å². The Balaban J connectivity index is 2.33. The molecule has 1 atom stereocenters. The first-order valence-corrected chi connectivity index (χ1v) is 8.80. The molecule has 0 N–H and O–H groups in total. The fourth-order valence-electron chi connectivity index (χ4n) is 1.90. The SMILES string of the molecule is Cc1cc(C(Br)c2ccc(S(C)(=O)=O)cc2)ccc1F. The van der Waals surface area contributed by atoms with Crippen LogP contribution in [0.4, 0.5) is 4.39 Å². The van der Waals surface area contributed by atoms with Crippen molar-refractivity contribution in [3.8, 4) is 0 Å². The van der Waals surface area contributed by atoms with E-state index in [9.17, 15) is 12.8 Å². The third-order valence-electron chi connectivity index (χ3n) is 3.08. The average Bonchev–Trinajstić information content (AvgIpc) is 2.40. The van der Waals surface area contributed by atoms with E-state index >= 15 is 0 Å². The molecular formula is C15H14BrFO2S. The molecule has 2 rings (SSSR count). The van der Waals surface area contributed by atoms with E-state index in [0.717, 1.165) is 11.1 Å². The highest BCUT2D eigenvalue weighted by Crippen LogP contribution is 2.32. The zero-order chi connectivity index (χ0) is 14.9. The van der Waals surface area contributed by atoms with Gasteiger partial charge in [0.15, 0.2) is 9.84 Å². The van der Waals surface area contributed by atoms with Crippen LogP contribution in [0.25, 0.3) is 0 Å². The summed E-state index contributed by atoms with van der Waals surface area (Å²) in [5, 5.41) is 0. The van der Waals surface area contributed by atoms with Gasteiger partial charge in [-0.3, -0.25) is 0 Å². The lowest BCUT2D eigenvalue weighted by Crippen LogP contribution is -1.99. The van der Waals surface area contributed by atoms with Gasteiger partial charge in [0.05, 0.1) is 9.72 Å². The third kappa shape index (κ3) is 3.27. The number of hydrogen-bond acceptors (Lipinski definition) is 2. The highest BCUT2D eigenvalue weighted by Gasteiger charge is 2.13. The van der Waals surface area contributed by atoms with Gasteiger partial charge in [0.25, 0.3) is 0 Å². The van der Waals surface area contributed by atoms with Crippen LogP contribution in [-0.4, -0.2) is 14.7 Å². The first-order chi connectivity index (χ1) is 9.29. The number of alkyl halides is 1. The van der Waals surface area contributed by atoms with E-state index in [4.69, 9.17) is 0 Å². The van der Waals surface area contributed by atoms with E-state index in [-0.39, 0.29) is 15.5 Å². The molecule has 2 aromatic carbocycles. The summed E-state index contributed by atoms with van der Waals surface area (Å²) in [5.41, 5.74) is 2.43. The molecule has 1 unspecified atom stereocenters. The monoisotopic (exact) mass is 356 g/mol. The normalized spacial score (nSPS) is 13.2. The van der Waals surface area contributed by atoms with Crippen LogP contribution >= 0.6 is 15.9 Å². The largest absolute Gasteiger partial charge is 0.224 e. The number of benzene rings is 2. The van der Waals surface area contributed by atoms with Crippen molar-refractivity contribution in [2.75, 3.05) is 6.26 Å². The molecule has 0 aliphatic rings. The average molecular weight is 357 g/mol. The van der Waals surface area contributed by atoms with Crippen LogP contribution in [0, 0.1) is 12.7 Å². The molecule has 0 aromatic heterocycles. The quantitative estimate of drug-likeness (QED) is 0.778. The summed E-state index contributed by atoms with van der Waals surface area (Å²) in [4.78, 5) is 0.187. The Labute approximate surface area is 126 Å². The minimum atomic E-state index is -3.19. The summed E-state index contributed by atoms with van der Waals surface area (Å²) < 4.78 is 36.1. The number of halogens is 2. The van der Waals surface area contributed by atoms with Crippen molar-refractivity contribution in [2.24, 2.45) is 0 Å². The molecule has 0 heterocycles. The highest BCUT2D eigenvalue weighted by molar-refractivity contribution is 9.09. The first kappa shape index (κ1) is 15.2. The van der Waals surface area contributed by atoms with Gasteiger partial charge in [0.1, 0.15) is 5.82 Å². The van der Waals surface area contributed by atoms with Crippen molar-refractivity contribution in [1.29, 1.82) is 0 Å². The van der Waals surface area contributed by atoms with Crippen molar-refractivity contribution in [2.45, 2.75) is 16.6 Å². The van der Waals surface area contributed by atoms with Crippen molar-refractivity contribution in [1.82, 2.24) is 0 Å². The van der Waals surface area contributed by atoms with E-state index < -0.39 is 9.84 Å². The van der Waals surface area contributed by atoms with Gasteiger partial charge in [0.2, 0.25) is 0 Å². The molecule has 0 aliphatic heterocycles. The van der Waals surface area contributed by atoms with Crippen LogP contribution in [0.2, 0.25) is 0 Å². The lowest BCUT2D eigenvalue weighted by Gasteiger charge is -2.12. The maximum atomic E-state index is 13.3. The van der Waals surface area contributed by atoms with Crippen LogP contribution < -0.4 is 0 Å². The highest BCUT2D eigenvalue weighted by atomic mass is 79.9.